The number of hydrogen-bond donors (Lipinski definition) is 1. The van der Waals surface area contributed by atoms with Crippen molar-refractivity contribution < 1.29 is 0 Å². The molecule has 0 saturated carbocycles. The predicted molar refractivity (Wildman–Crippen MR) is 43.2 cm³/mol. The fourth-order valence-corrected chi connectivity index (χ4v) is 0.699. The SMILES string of the molecule is CC(C)CNCC(Cl)Cl. The molecule has 0 heterocycles. The van der Waals surface area contributed by atoms with E-state index in [4.69, 9.17) is 23.2 Å². The van der Waals surface area contributed by atoms with Gasteiger partial charge in [0.25, 0.3) is 0 Å². The van der Waals surface area contributed by atoms with Gasteiger partial charge in [0.2, 0.25) is 0 Å². The van der Waals surface area contributed by atoms with Gasteiger partial charge in [-0.2, -0.15) is 0 Å². The minimum atomic E-state index is -0.274. The Kier molecular flexibility index (Phi) is 5.65. The van der Waals surface area contributed by atoms with Crippen LogP contribution < -0.4 is 5.32 Å². The summed E-state index contributed by atoms with van der Waals surface area (Å²) in [6.07, 6.45) is 0. The highest BCUT2D eigenvalue weighted by Crippen LogP contribution is 1.98. The molecular weight excluding hydrogens is 157 g/mol. The topological polar surface area (TPSA) is 12.0 Å². The highest BCUT2D eigenvalue weighted by molar-refractivity contribution is 6.44. The Balaban J connectivity index is 2.91. The predicted octanol–water partition coefficient (Wildman–Crippen LogP) is 2.04. The molecule has 56 valence electrons. The average molecular weight is 170 g/mol. The Morgan fingerprint density at radius 1 is 1.22 bits per heavy atom. The molecule has 0 bridgehead atoms. The van der Waals surface area contributed by atoms with E-state index in [9.17, 15) is 0 Å². The van der Waals surface area contributed by atoms with E-state index in [2.05, 4.69) is 19.2 Å². The summed E-state index contributed by atoms with van der Waals surface area (Å²) in [5.74, 6) is 0.664. The smallest absolute Gasteiger partial charge is 0.120 e. The third-order valence-electron chi connectivity index (χ3n) is 0.851. The van der Waals surface area contributed by atoms with Crippen LogP contribution in [0.4, 0.5) is 0 Å². The summed E-state index contributed by atoms with van der Waals surface area (Å²) < 4.78 is 0. The Hall–Kier alpha value is 0.540. The highest BCUT2D eigenvalue weighted by atomic mass is 35.5. The van der Waals surface area contributed by atoms with E-state index in [0.717, 1.165) is 6.54 Å². The second kappa shape index (κ2) is 5.33. The van der Waals surface area contributed by atoms with E-state index in [1.165, 1.54) is 0 Å². The summed E-state index contributed by atoms with van der Waals surface area (Å²) in [5.41, 5.74) is 0. The third-order valence-corrected chi connectivity index (χ3v) is 1.16. The number of halogens is 2. The zero-order chi connectivity index (χ0) is 7.28. The molecule has 0 atom stereocenters. The quantitative estimate of drug-likeness (QED) is 0.636. The van der Waals surface area contributed by atoms with Gasteiger partial charge >= 0.3 is 0 Å². The summed E-state index contributed by atoms with van der Waals surface area (Å²) in [5, 5.41) is 3.12. The standard InChI is InChI=1S/C6H13Cl2N/c1-5(2)3-9-4-6(7)8/h5-6,9H,3-4H2,1-2H3. The molecule has 1 N–H and O–H groups in total. The van der Waals surface area contributed by atoms with Crippen molar-refractivity contribution in [1.29, 1.82) is 0 Å². The molecule has 0 amide bonds. The minimum Gasteiger partial charge on any atom is -0.314 e. The molecule has 0 saturated heterocycles. The lowest BCUT2D eigenvalue weighted by atomic mass is 10.2. The number of nitrogens with one attached hydrogen (secondary N) is 1. The van der Waals surface area contributed by atoms with Crippen LogP contribution in [0.2, 0.25) is 0 Å². The van der Waals surface area contributed by atoms with Gasteiger partial charge in [0.15, 0.2) is 0 Å². The van der Waals surface area contributed by atoms with Crippen LogP contribution in [0, 0.1) is 5.92 Å². The first kappa shape index (κ1) is 9.54. The lowest BCUT2D eigenvalue weighted by Gasteiger charge is -2.06. The first-order valence-corrected chi connectivity index (χ1v) is 3.99. The minimum absolute atomic E-state index is 0.274. The number of rotatable bonds is 4. The molecule has 3 heteroatoms. The molecule has 0 aliphatic heterocycles. The molecule has 1 nitrogen and oxygen atoms in total. The van der Waals surface area contributed by atoms with Crippen LogP contribution in [0.5, 0.6) is 0 Å². The van der Waals surface area contributed by atoms with Crippen molar-refractivity contribution in [1.82, 2.24) is 5.32 Å². The molecule has 0 aliphatic carbocycles. The summed E-state index contributed by atoms with van der Waals surface area (Å²) in [6, 6.07) is 0. The zero-order valence-electron chi connectivity index (χ0n) is 5.82. The molecule has 9 heavy (non-hydrogen) atoms. The van der Waals surface area contributed by atoms with Crippen LogP contribution in [0.25, 0.3) is 0 Å². The summed E-state index contributed by atoms with van der Waals surface area (Å²) in [7, 11) is 0. The fourth-order valence-electron chi connectivity index (χ4n) is 0.481. The van der Waals surface area contributed by atoms with E-state index in [0.29, 0.717) is 12.5 Å². The van der Waals surface area contributed by atoms with Crippen LogP contribution >= 0.6 is 23.2 Å². The van der Waals surface area contributed by atoms with E-state index in [1.54, 1.807) is 0 Å². The zero-order valence-corrected chi connectivity index (χ0v) is 7.34. The van der Waals surface area contributed by atoms with Gasteiger partial charge in [0.05, 0.1) is 0 Å². The lowest BCUT2D eigenvalue weighted by Crippen LogP contribution is -2.24. The normalized spacial score (nSPS) is 11.3. The monoisotopic (exact) mass is 169 g/mol. The van der Waals surface area contributed by atoms with Crippen LogP contribution in [0.3, 0.4) is 0 Å². The van der Waals surface area contributed by atoms with Crippen molar-refractivity contribution >= 4 is 23.2 Å². The first-order valence-electron chi connectivity index (χ1n) is 3.11. The van der Waals surface area contributed by atoms with Crippen LogP contribution in [0.15, 0.2) is 0 Å². The summed E-state index contributed by atoms with van der Waals surface area (Å²) in [4.78, 5) is -0.274. The second-order valence-corrected chi connectivity index (χ2v) is 3.72. The maximum Gasteiger partial charge on any atom is 0.120 e. The van der Waals surface area contributed by atoms with E-state index < -0.39 is 0 Å². The van der Waals surface area contributed by atoms with Crippen LogP contribution in [0.1, 0.15) is 13.8 Å². The number of hydrogen-bond acceptors (Lipinski definition) is 1. The van der Waals surface area contributed by atoms with Gasteiger partial charge in [-0.25, -0.2) is 0 Å². The Labute approximate surface area is 66.7 Å². The molecule has 0 aromatic heterocycles. The van der Waals surface area contributed by atoms with Gasteiger partial charge < -0.3 is 5.32 Å². The molecular formula is C6H13Cl2N. The fraction of sp³-hybridized carbons (Fsp3) is 1.00. The summed E-state index contributed by atoms with van der Waals surface area (Å²) in [6.45, 7) is 5.95. The van der Waals surface area contributed by atoms with E-state index in [-0.39, 0.29) is 4.84 Å². The van der Waals surface area contributed by atoms with Crippen LogP contribution in [-0.2, 0) is 0 Å². The highest BCUT2D eigenvalue weighted by Gasteiger charge is 1.97. The van der Waals surface area contributed by atoms with Gasteiger partial charge in [-0.05, 0) is 12.5 Å². The maximum absolute atomic E-state index is 5.46. The van der Waals surface area contributed by atoms with Crippen LogP contribution in [-0.4, -0.2) is 17.9 Å². The van der Waals surface area contributed by atoms with Crippen molar-refractivity contribution in [3.8, 4) is 0 Å². The largest absolute Gasteiger partial charge is 0.314 e. The lowest BCUT2D eigenvalue weighted by molar-refractivity contribution is 0.563. The average Bonchev–Trinajstić information content (AvgIpc) is 1.63. The number of alkyl halides is 2. The molecule has 0 aromatic carbocycles. The van der Waals surface area contributed by atoms with Gasteiger partial charge in [0, 0.05) is 6.54 Å². The molecule has 0 fully saturated rings. The molecule has 0 aliphatic rings. The van der Waals surface area contributed by atoms with Crippen molar-refractivity contribution in [2.24, 2.45) is 5.92 Å². The molecule has 0 rings (SSSR count). The van der Waals surface area contributed by atoms with Gasteiger partial charge in [-0.3, -0.25) is 0 Å². The van der Waals surface area contributed by atoms with E-state index in [1.807, 2.05) is 0 Å². The third kappa shape index (κ3) is 8.54. The van der Waals surface area contributed by atoms with Gasteiger partial charge in [-0.15, -0.1) is 23.2 Å². The van der Waals surface area contributed by atoms with Crippen molar-refractivity contribution in [3.63, 3.8) is 0 Å². The summed E-state index contributed by atoms with van der Waals surface area (Å²) >= 11 is 10.9. The van der Waals surface area contributed by atoms with Crippen molar-refractivity contribution in [3.05, 3.63) is 0 Å². The molecule has 0 radical (unpaired) electrons. The molecule has 0 aromatic rings. The molecule has 0 spiro atoms. The maximum atomic E-state index is 5.46. The van der Waals surface area contributed by atoms with Gasteiger partial charge in [-0.1, -0.05) is 13.8 Å². The Morgan fingerprint density at radius 2 is 1.78 bits per heavy atom. The van der Waals surface area contributed by atoms with Crippen molar-refractivity contribution in [2.45, 2.75) is 18.7 Å². The first-order chi connectivity index (χ1) is 4.13. The van der Waals surface area contributed by atoms with Crippen molar-refractivity contribution in [2.75, 3.05) is 13.1 Å². The Morgan fingerprint density at radius 3 is 2.11 bits per heavy atom. The molecule has 0 unspecified atom stereocenters. The Bertz CT molecular complexity index is 56.1. The van der Waals surface area contributed by atoms with E-state index >= 15 is 0 Å². The second-order valence-electron chi connectivity index (χ2n) is 2.44. The van der Waals surface area contributed by atoms with Gasteiger partial charge in [0.1, 0.15) is 4.84 Å².